The van der Waals surface area contributed by atoms with Gasteiger partial charge in [-0.05, 0) is 49.2 Å². The van der Waals surface area contributed by atoms with Crippen LogP contribution in [0.4, 0.5) is 5.13 Å². The molecule has 31 heavy (non-hydrogen) atoms. The third-order valence-corrected chi connectivity index (χ3v) is 8.20. The number of anilines is 1. The number of carbonyl (C=O) groups is 1. The Kier molecular flexibility index (Phi) is 6.12. The maximum atomic E-state index is 12.9. The van der Waals surface area contributed by atoms with E-state index in [-0.39, 0.29) is 16.7 Å². The topological polar surface area (TPSA) is 97.8 Å². The van der Waals surface area contributed by atoms with Gasteiger partial charge >= 0.3 is 0 Å². The smallest absolute Gasteiger partial charge is 0.243 e. The number of hydrogen-bond acceptors (Lipinski definition) is 7. The van der Waals surface area contributed by atoms with E-state index in [4.69, 9.17) is 9.47 Å². The van der Waals surface area contributed by atoms with Crippen molar-refractivity contribution < 1.29 is 22.7 Å². The molecule has 8 nitrogen and oxygen atoms in total. The lowest BCUT2D eigenvalue weighted by atomic mass is 9.97. The zero-order valence-electron chi connectivity index (χ0n) is 17.2. The van der Waals surface area contributed by atoms with Crippen LogP contribution in [0.25, 0.3) is 10.2 Å². The van der Waals surface area contributed by atoms with E-state index in [9.17, 15) is 13.2 Å². The van der Waals surface area contributed by atoms with Gasteiger partial charge in [0, 0.05) is 19.0 Å². The SMILES string of the molecule is COc1ccc(S(=O)(=O)N2CCC(C(=O)Nc3nc4c(OC)cccc4s3)CC2)cc1. The average molecular weight is 462 g/mol. The van der Waals surface area contributed by atoms with Crippen molar-refractivity contribution in [2.75, 3.05) is 32.6 Å². The molecule has 0 atom stereocenters. The number of aromatic nitrogens is 1. The van der Waals surface area contributed by atoms with Crippen molar-refractivity contribution in [3.05, 3.63) is 42.5 Å². The van der Waals surface area contributed by atoms with Gasteiger partial charge in [-0.15, -0.1) is 0 Å². The van der Waals surface area contributed by atoms with Gasteiger partial charge in [-0.2, -0.15) is 4.31 Å². The van der Waals surface area contributed by atoms with Gasteiger partial charge in [-0.25, -0.2) is 13.4 Å². The van der Waals surface area contributed by atoms with Crippen LogP contribution in [0, 0.1) is 5.92 Å². The van der Waals surface area contributed by atoms with Gasteiger partial charge in [0.2, 0.25) is 15.9 Å². The first-order chi connectivity index (χ1) is 14.9. The monoisotopic (exact) mass is 461 g/mol. The molecule has 0 spiro atoms. The Morgan fingerprint density at radius 1 is 1.10 bits per heavy atom. The molecule has 4 rings (SSSR count). The molecular formula is C21H23N3O5S2. The fraction of sp³-hybridized carbons (Fsp3) is 0.333. The van der Waals surface area contributed by atoms with Gasteiger partial charge in [0.15, 0.2) is 5.13 Å². The van der Waals surface area contributed by atoms with E-state index < -0.39 is 10.0 Å². The van der Waals surface area contributed by atoms with E-state index in [1.54, 1.807) is 19.2 Å². The summed E-state index contributed by atoms with van der Waals surface area (Å²) in [5, 5.41) is 3.39. The molecule has 0 saturated carbocycles. The molecule has 10 heteroatoms. The molecule has 0 radical (unpaired) electrons. The highest BCUT2D eigenvalue weighted by molar-refractivity contribution is 7.89. The van der Waals surface area contributed by atoms with E-state index in [1.807, 2.05) is 18.2 Å². The molecule has 164 valence electrons. The molecule has 1 aromatic heterocycles. The van der Waals surface area contributed by atoms with Crippen molar-refractivity contribution in [1.29, 1.82) is 0 Å². The van der Waals surface area contributed by atoms with Crippen LogP contribution < -0.4 is 14.8 Å². The summed E-state index contributed by atoms with van der Waals surface area (Å²) in [6.45, 7) is 0.584. The number of nitrogens with one attached hydrogen (secondary N) is 1. The van der Waals surface area contributed by atoms with Gasteiger partial charge in [0.05, 0.1) is 23.8 Å². The van der Waals surface area contributed by atoms with Gasteiger partial charge in [0.1, 0.15) is 17.0 Å². The number of carbonyl (C=O) groups excluding carboxylic acids is 1. The maximum Gasteiger partial charge on any atom is 0.243 e. The molecule has 1 amide bonds. The molecular weight excluding hydrogens is 438 g/mol. The molecule has 2 heterocycles. The van der Waals surface area contributed by atoms with E-state index >= 15 is 0 Å². The first-order valence-electron chi connectivity index (χ1n) is 9.81. The summed E-state index contributed by atoms with van der Waals surface area (Å²) in [6.07, 6.45) is 0.908. The van der Waals surface area contributed by atoms with E-state index in [0.717, 1.165) is 4.70 Å². The minimum Gasteiger partial charge on any atom is -0.497 e. The highest BCUT2D eigenvalue weighted by Crippen LogP contribution is 2.33. The number of sulfonamides is 1. The number of fused-ring (bicyclic) bond motifs is 1. The molecule has 1 fully saturated rings. The summed E-state index contributed by atoms with van der Waals surface area (Å²) in [6, 6.07) is 12.0. The fourth-order valence-corrected chi connectivity index (χ4v) is 5.96. The Bertz CT molecular complexity index is 1180. The van der Waals surface area contributed by atoms with E-state index in [1.165, 1.54) is 34.9 Å². The second kappa shape index (κ2) is 8.81. The molecule has 0 unspecified atom stereocenters. The Morgan fingerprint density at radius 2 is 1.81 bits per heavy atom. The van der Waals surface area contributed by atoms with Crippen LogP contribution in [0.3, 0.4) is 0 Å². The number of hydrogen-bond donors (Lipinski definition) is 1. The van der Waals surface area contributed by atoms with Gasteiger partial charge in [-0.1, -0.05) is 17.4 Å². The number of amides is 1. The fourth-order valence-electron chi connectivity index (χ4n) is 3.60. The number of methoxy groups -OCH3 is 2. The molecule has 2 aromatic carbocycles. The van der Waals surface area contributed by atoms with Gasteiger partial charge in [-0.3, -0.25) is 4.79 Å². The molecule has 1 N–H and O–H groups in total. The van der Waals surface area contributed by atoms with E-state index in [0.29, 0.717) is 48.1 Å². The summed E-state index contributed by atoms with van der Waals surface area (Å²) < 4.78 is 38.5. The van der Waals surface area contributed by atoms with Crippen LogP contribution >= 0.6 is 11.3 Å². The lowest BCUT2D eigenvalue weighted by molar-refractivity contribution is -0.120. The van der Waals surface area contributed by atoms with Crippen LogP contribution in [0.5, 0.6) is 11.5 Å². The number of thiazole rings is 1. The zero-order chi connectivity index (χ0) is 22.0. The quantitative estimate of drug-likeness (QED) is 0.605. The first kappa shape index (κ1) is 21.5. The number of para-hydroxylation sites is 1. The number of piperidine rings is 1. The number of benzene rings is 2. The third kappa shape index (κ3) is 4.36. The highest BCUT2D eigenvalue weighted by atomic mass is 32.2. The highest BCUT2D eigenvalue weighted by Gasteiger charge is 2.32. The van der Waals surface area contributed by atoms with Crippen molar-refractivity contribution >= 4 is 42.6 Å². The number of rotatable bonds is 6. The average Bonchev–Trinajstić information content (AvgIpc) is 3.21. The van der Waals surface area contributed by atoms with E-state index in [2.05, 4.69) is 10.3 Å². The number of nitrogens with zero attached hydrogens (tertiary/aromatic N) is 2. The van der Waals surface area contributed by atoms with Crippen molar-refractivity contribution in [2.24, 2.45) is 5.92 Å². The Morgan fingerprint density at radius 3 is 2.45 bits per heavy atom. The van der Waals surface area contributed by atoms with Gasteiger partial charge in [0.25, 0.3) is 0 Å². The summed E-state index contributed by atoms with van der Waals surface area (Å²) in [4.78, 5) is 17.4. The summed E-state index contributed by atoms with van der Waals surface area (Å²) in [5.74, 6) is 0.851. The normalized spacial score (nSPS) is 15.7. The van der Waals surface area contributed by atoms with Crippen molar-refractivity contribution in [3.63, 3.8) is 0 Å². The lowest BCUT2D eigenvalue weighted by Gasteiger charge is -2.30. The Balaban J connectivity index is 1.39. The van der Waals surface area contributed by atoms with Crippen LogP contribution in [0.1, 0.15) is 12.8 Å². The molecule has 0 aliphatic carbocycles. The summed E-state index contributed by atoms with van der Waals surface area (Å²) >= 11 is 1.38. The second-order valence-electron chi connectivity index (χ2n) is 7.17. The van der Waals surface area contributed by atoms with Crippen LogP contribution in [0.2, 0.25) is 0 Å². The van der Waals surface area contributed by atoms with Gasteiger partial charge < -0.3 is 14.8 Å². The summed E-state index contributed by atoms with van der Waals surface area (Å²) in [5.41, 5.74) is 0.714. The van der Waals surface area contributed by atoms with Crippen molar-refractivity contribution in [1.82, 2.24) is 9.29 Å². The second-order valence-corrected chi connectivity index (χ2v) is 10.1. The third-order valence-electron chi connectivity index (χ3n) is 5.35. The predicted molar refractivity (Wildman–Crippen MR) is 119 cm³/mol. The zero-order valence-corrected chi connectivity index (χ0v) is 18.8. The molecule has 1 aliphatic rings. The van der Waals surface area contributed by atoms with Crippen LogP contribution in [-0.2, 0) is 14.8 Å². The Labute approximate surface area is 184 Å². The standard InChI is InChI=1S/C21H23N3O5S2/c1-28-15-6-8-16(9-7-15)31(26,27)24-12-10-14(11-13-24)20(25)23-21-22-19-17(29-2)4-3-5-18(19)30-21/h3-9,14H,10-13H2,1-2H3,(H,22,23,25). The van der Waals surface area contributed by atoms with Crippen molar-refractivity contribution in [3.8, 4) is 11.5 Å². The minimum atomic E-state index is -3.60. The molecule has 3 aromatic rings. The lowest BCUT2D eigenvalue weighted by Crippen LogP contribution is -2.41. The Hall–Kier alpha value is -2.69. The van der Waals surface area contributed by atoms with Crippen molar-refractivity contribution in [2.45, 2.75) is 17.7 Å². The summed E-state index contributed by atoms with van der Waals surface area (Å²) in [7, 11) is -0.483. The predicted octanol–water partition coefficient (Wildman–Crippen LogP) is 3.35. The maximum absolute atomic E-state index is 12.9. The molecule has 1 saturated heterocycles. The minimum absolute atomic E-state index is 0.139. The molecule has 0 bridgehead atoms. The number of ether oxygens (including phenoxy) is 2. The molecule has 1 aliphatic heterocycles. The van der Waals surface area contributed by atoms with Crippen LogP contribution in [-0.4, -0.2) is 50.9 Å². The first-order valence-corrected chi connectivity index (χ1v) is 12.1. The largest absolute Gasteiger partial charge is 0.497 e. The van der Waals surface area contributed by atoms with Crippen LogP contribution in [0.15, 0.2) is 47.4 Å².